The minimum absolute atomic E-state index is 0.142. The van der Waals surface area contributed by atoms with E-state index in [-0.39, 0.29) is 17.1 Å². The number of pyridine rings is 1. The molecule has 0 spiro atoms. The second-order valence-corrected chi connectivity index (χ2v) is 2.27. The topological polar surface area (TPSA) is 60.6 Å². The van der Waals surface area contributed by atoms with Crippen LogP contribution in [0.1, 0.15) is 0 Å². The quantitative estimate of drug-likeness (QED) is 0.740. The number of rotatable bonds is 3. The molecule has 0 radical (unpaired) electrons. The van der Waals surface area contributed by atoms with E-state index in [9.17, 15) is 4.79 Å². The molecule has 72 valence electrons. The highest BCUT2D eigenvalue weighted by Gasteiger charge is 2.10. The SMILES string of the molecule is COc1cc(=O)c(OC)c(OC)[nH]1. The van der Waals surface area contributed by atoms with Crippen LogP contribution in [0.15, 0.2) is 10.9 Å². The Morgan fingerprint density at radius 2 is 1.85 bits per heavy atom. The number of hydrogen-bond acceptors (Lipinski definition) is 4. The molecule has 1 aromatic rings. The van der Waals surface area contributed by atoms with Crippen LogP contribution in [0, 0.1) is 0 Å². The second-order valence-electron chi connectivity index (χ2n) is 2.27. The molecule has 0 fully saturated rings. The molecule has 0 saturated heterocycles. The summed E-state index contributed by atoms with van der Waals surface area (Å²) in [5, 5.41) is 0. The maximum atomic E-state index is 11.3. The Labute approximate surface area is 75.2 Å². The van der Waals surface area contributed by atoms with Gasteiger partial charge in [-0.05, 0) is 0 Å². The fourth-order valence-electron chi connectivity index (χ4n) is 0.948. The fraction of sp³-hybridized carbons (Fsp3) is 0.375. The molecule has 0 unspecified atom stereocenters. The van der Waals surface area contributed by atoms with Gasteiger partial charge in [-0.3, -0.25) is 9.78 Å². The van der Waals surface area contributed by atoms with E-state index in [1.54, 1.807) is 0 Å². The van der Waals surface area contributed by atoms with Crippen LogP contribution in [0.5, 0.6) is 17.5 Å². The molecule has 0 aromatic carbocycles. The summed E-state index contributed by atoms with van der Waals surface area (Å²) in [6.45, 7) is 0. The van der Waals surface area contributed by atoms with Crippen LogP contribution in [0.3, 0.4) is 0 Å². The molecule has 0 saturated carbocycles. The van der Waals surface area contributed by atoms with E-state index in [4.69, 9.17) is 14.2 Å². The van der Waals surface area contributed by atoms with Crippen molar-refractivity contribution in [3.05, 3.63) is 16.3 Å². The van der Waals surface area contributed by atoms with Gasteiger partial charge < -0.3 is 14.2 Å². The highest BCUT2D eigenvalue weighted by Crippen LogP contribution is 2.21. The zero-order chi connectivity index (χ0) is 9.84. The Kier molecular flexibility index (Phi) is 2.79. The number of aromatic amines is 1. The van der Waals surface area contributed by atoms with Gasteiger partial charge in [-0.2, -0.15) is 0 Å². The minimum atomic E-state index is -0.282. The van der Waals surface area contributed by atoms with Crippen molar-refractivity contribution in [2.45, 2.75) is 0 Å². The Morgan fingerprint density at radius 1 is 1.15 bits per heavy atom. The molecule has 5 heteroatoms. The van der Waals surface area contributed by atoms with Crippen LogP contribution in [0.25, 0.3) is 0 Å². The van der Waals surface area contributed by atoms with Crippen LogP contribution >= 0.6 is 0 Å². The van der Waals surface area contributed by atoms with Gasteiger partial charge in [0.15, 0.2) is 5.88 Å². The molecule has 1 rings (SSSR count). The lowest BCUT2D eigenvalue weighted by atomic mass is 10.4. The summed E-state index contributed by atoms with van der Waals surface area (Å²) < 4.78 is 14.6. The Balaban J connectivity index is 3.29. The van der Waals surface area contributed by atoms with E-state index in [2.05, 4.69) is 4.98 Å². The fourth-order valence-corrected chi connectivity index (χ4v) is 0.948. The van der Waals surface area contributed by atoms with Gasteiger partial charge in [0.1, 0.15) is 0 Å². The van der Waals surface area contributed by atoms with Gasteiger partial charge in [-0.1, -0.05) is 0 Å². The summed E-state index contributed by atoms with van der Waals surface area (Å²) in [6.07, 6.45) is 0. The van der Waals surface area contributed by atoms with Crippen molar-refractivity contribution in [3.8, 4) is 17.5 Å². The molecule has 1 aromatic heterocycles. The average Bonchev–Trinajstić information content (AvgIpc) is 2.16. The zero-order valence-corrected chi connectivity index (χ0v) is 7.71. The maximum Gasteiger partial charge on any atom is 0.241 e. The van der Waals surface area contributed by atoms with E-state index in [0.29, 0.717) is 5.88 Å². The van der Waals surface area contributed by atoms with E-state index in [1.165, 1.54) is 27.4 Å². The summed E-state index contributed by atoms with van der Waals surface area (Å²) in [5.74, 6) is 0.734. The third-order valence-electron chi connectivity index (χ3n) is 1.56. The molecular weight excluding hydrogens is 174 g/mol. The van der Waals surface area contributed by atoms with Gasteiger partial charge in [-0.25, -0.2) is 0 Å². The van der Waals surface area contributed by atoms with Crippen molar-refractivity contribution in [2.24, 2.45) is 0 Å². The van der Waals surface area contributed by atoms with Crippen LogP contribution in [0.4, 0.5) is 0 Å². The molecule has 0 atom stereocenters. The minimum Gasteiger partial charge on any atom is -0.488 e. The Bertz CT molecular complexity index is 344. The van der Waals surface area contributed by atoms with E-state index in [1.807, 2.05) is 0 Å². The highest BCUT2D eigenvalue weighted by atomic mass is 16.5. The first-order valence-corrected chi connectivity index (χ1v) is 3.62. The smallest absolute Gasteiger partial charge is 0.241 e. The highest BCUT2D eigenvalue weighted by molar-refractivity contribution is 5.36. The van der Waals surface area contributed by atoms with Crippen LogP contribution in [-0.4, -0.2) is 26.3 Å². The summed E-state index contributed by atoms with van der Waals surface area (Å²) in [6, 6.07) is 1.29. The number of aromatic nitrogens is 1. The molecule has 0 amide bonds. The Hall–Kier alpha value is -1.65. The standard InChI is InChI=1S/C8H11NO4/c1-11-6-4-5(10)7(12-2)8(9-6)13-3/h4H,1-3H3,(H,9,10). The van der Waals surface area contributed by atoms with Gasteiger partial charge >= 0.3 is 0 Å². The van der Waals surface area contributed by atoms with Crippen molar-refractivity contribution in [3.63, 3.8) is 0 Å². The van der Waals surface area contributed by atoms with Crippen molar-refractivity contribution < 1.29 is 14.2 Å². The number of methoxy groups -OCH3 is 3. The van der Waals surface area contributed by atoms with E-state index < -0.39 is 0 Å². The zero-order valence-electron chi connectivity index (χ0n) is 7.71. The van der Waals surface area contributed by atoms with E-state index >= 15 is 0 Å². The summed E-state index contributed by atoms with van der Waals surface area (Å²) >= 11 is 0. The monoisotopic (exact) mass is 185 g/mol. The predicted molar refractivity (Wildman–Crippen MR) is 46.7 cm³/mol. The van der Waals surface area contributed by atoms with Crippen LogP contribution < -0.4 is 19.6 Å². The molecule has 0 bridgehead atoms. The molecule has 0 aliphatic heterocycles. The largest absolute Gasteiger partial charge is 0.488 e. The van der Waals surface area contributed by atoms with Crippen molar-refractivity contribution in [2.75, 3.05) is 21.3 Å². The van der Waals surface area contributed by atoms with Gasteiger partial charge in [0.2, 0.25) is 17.1 Å². The molecule has 1 N–H and O–H groups in total. The lowest BCUT2D eigenvalue weighted by molar-refractivity contribution is 0.326. The van der Waals surface area contributed by atoms with Gasteiger partial charge in [0, 0.05) is 6.07 Å². The molecule has 5 nitrogen and oxygen atoms in total. The number of ether oxygens (including phenoxy) is 3. The number of H-pyrrole nitrogens is 1. The van der Waals surface area contributed by atoms with Gasteiger partial charge in [0.05, 0.1) is 21.3 Å². The molecule has 0 aliphatic carbocycles. The summed E-state index contributed by atoms with van der Waals surface area (Å²) in [5.41, 5.74) is -0.282. The normalized spacial score (nSPS) is 9.46. The number of nitrogens with one attached hydrogen (secondary N) is 1. The molecule has 0 aliphatic rings. The van der Waals surface area contributed by atoms with E-state index in [0.717, 1.165) is 0 Å². The third-order valence-corrected chi connectivity index (χ3v) is 1.56. The Morgan fingerprint density at radius 3 is 2.31 bits per heavy atom. The number of hydrogen-bond donors (Lipinski definition) is 1. The van der Waals surface area contributed by atoms with Crippen molar-refractivity contribution >= 4 is 0 Å². The summed E-state index contributed by atoms with van der Waals surface area (Å²) in [4.78, 5) is 14.0. The van der Waals surface area contributed by atoms with Crippen LogP contribution in [0.2, 0.25) is 0 Å². The van der Waals surface area contributed by atoms with Crippen LogP contribution in [-0.2, 0) is 0 Å². The lowest BCUT2D eigenvalue weighted by Crippen LogP contribution is -2.08. The predicted octanol–water partition coefficient (Wildman–Crippen LogP) is 0.401. The van der Waals surface area contributed by atoms with Gasteiger partial charge in [-0.15, -0.1) is 0 Å². The van der Waals surface area contributed by atoms with Crippen molar-refractivity contribution in [1.29, 1.82) is 0 Å². The first kappa shape index (κ1) is 9.44. The third kappa shape index (κ3) is 1.74. The maximum absolute atomic E-state index is 11.3. The molecule has 13 heavy (non-hydrogen) atoms. The second kappa shape index (κ2) is 3.84. The van der Waals surface area contributed by atoms with Gasteiger partial charge in [0.25, 0.3) is 0 Å². The van der Waals surface area contributed by atoms with Crippen molar-refractivity contribution in [1.82, 2.24) is 4.98 Å². The summed E-state index contributed by atoms with van der Waals surface area (Å²) in [7, 11) is 4.30. The average molecular weight is 185 g/mol. The first-order valence-electron chi connectivity index (χ1n) is 3.62. The lowest BCUT2D eigenvalue weighted by Gasteiger charge is -2.07. The molecular formula is C8H11NO4. The first-order chi connectivity index (χ1) is 6.22. The molecule has 1 heterocycles.